The fraction of sp³-hybridized carbons (Fsp3) is 0.375. The van der Waals surface area contributed by atoms with Gasteiger partial charge in [-0.3, -0.25) is 13.9 Å². The van der Waals surface area contributed by atoms with Gasteiger partial charge in [-0.25, -0.2) is 8.42 Å². The first-order valence-electron chi connectivity index (χ1n) is 14.0. The molecule has 8 nitrogen and oxygen atoms in total. The molecule has 0 aliphatic heterocycles. The van der Waals surface area contributed by atoms with Gasteiger partial charge < -0.3 is 15.0 Å². The van der Waals surface area contributed by atoms with Crippen LogP contribution in [-0.4, -0.2) is 57.9 Å². The molecule has 2 amide bonds. The van der Waals surface area contributed by atoms with E-state index in [4.69, 9.17) is 16.3 Å². The molecule has 42 heavy (non-hydrogen) atoms. The van der Waals surface area contributed by atoms with Gasteiger partial charge in [0.25, 0.3) is 10.0 Å². The van der Waals surface area contributed by atoms with Crippen LogP contribution in [0.15, 0.2) is 77.7 Å². The number of nitrogens with one attached hydrogen (secondary N) is 1. The molecule has 10 heteroatoms. The van der Waals surface area contributed by atoms with Gasteiger partial charge in [0.15, 0.2) is 0 Å². The number of ether oxygens (including phenoxy) is 1. The van der Waals surface area contributed by atoms with Crippen LogP contribution in [-0.2, 0) is 26.0 Å². The van der Waals surface area contributed by atoms with Crippen molar-refractivity contribution in [1.82, 2.24) is 10.2 Å². The number of carbonyl (C=O) groups is 2. The summed E-state index contributed by atoms with van der Waals surface area (Å²) < 4.78 is 34.7. The van der Waals surface area contributed by atoms with Crippen molar-refractivity contribution in [1.29, 1.82) is 0 Å². The summed E-state index contributed by atoms with van der Waals surface area (Å²) in [5, 5.41) is 3.22. The Kier molecular flexibility index (Phi) is 11.8. The molecule has 0 bridgehead atoms. The van der Waals surface area contributed by atoms with Crippen LogP contribution in [0.5, 0.6) is 5.75 Å². The molecule has 3 rings (SSSR count). The van der Waals surface area contributed by atoms with Crippen molar-refractivity contribution in [2.75, 3.05) is 31.0 Å². The minimum atomic E-state index is -4.24. The summed E-state index contributed by atoms with van der Waals surface area (Å²) in [7, 11) is -2.82. The van der Waals surface area contributed by atoms with Gasteiger partial charge in [0, 0.05) is 18.1 Å². The number of hydrogen-bond donors (Lipinski definition) is 1. The molecule has 0 aromatic heterocycles. The zero-order valence-corrected chi connectivity index (χ0v) is 26.4. The predicted molar refractivity (Wildman–Crippen MR) is 168 cm³/mol. The number of carbonyl (C=O) groups excluding carboxylic acids is 2. The van der Waals surface area contributed by atoms with Crippen LogP contribution in [0.4, 0.5) is 5.69 Å². The average molecular weight is 614 g/mol. The molecule has 226 valence electrons. The maximum atomic E-state index is 14.2. The Morgan fingerprint density at radius 2 is 1.67 bits per heavy atom. The summed E-state index contributed by atoms with van der Waals surface area (Å²) in [6.45, 7) is 7.80. The SMILES string of the molecule is CC[C@@H](C(=O)NCC(C)C)N(CCc1ccccc1)C(=O)CN(c1cc(Cl)ccc1OC)S(=O)(=O)c1ccc(C)cc1. The Hall–Kier alpha value is -3.56. The first-order chi connectivity index (χ1) is 20.0. The van der Waals surface area contributed by atoms with Gasteiger partial charge in [-0.2, -0.15) is 0 Å². The number of aryl methyl sites for hydroxylation is 1. The molecule has 0 heterocycles. The molecule has 1 atom stereocenters. The third-order valence-electron chi connectivity index (χ3n) is 6.85. The van der Waals surface area contributed by atoms with Crippen molar-refractivity contribution in [3.63, 3.8) is 0 Å². The molecular weight excluding hydrogens is 574 g/mol. The molecular formula is C32H40ClN3O5S. The quantitative estimate of drug-likeness (QED) is 0.260. The van der Waals surface area contributed by atoms with E-state index in [1.807, 2.05) is 58.0 Å². The Balaban J connectivity index is 2.06. The van der Waals surface area contributed by atoms with Gasteiger partial charge in [0.2, 0.25) is 11.8 Å². The Morgan fingerprint density at radius 3 is 2.26 bits per heavy atom. The summed E-state index contributed by atoms with van der Waals surface area (Å²) in [5.41, 5.74) is 2.01. The van der Waals surface area contributed by atoms with E-state index >= 15 is 0 Å². The van der Waals surface area contributed by atoms with E-state index in [-0.39, 0.29) is 39.7 Å². The smallest absolute Gasteiger partial charge is 0.264 e. The first kappa shape index (κ1) is 32.9. The lowest BCUT2D eigenvalue weighted by molar-refractivity contribution is -0.139. The van der Waals surface area contributed by atoms with Gasteiger partial charge in [-0.05, 0) is 61.6 Å². The summed E-state index contributed by atoms with van der Waals surface area (Å²) in [6.07, 6.45) is 0.849. The first-order valence-corrected chi connectivity index (χ1v) is 15.8. The van der Waals surface area contributed by atoms with Crippen LogP contribution in [0.3, 0.4) is 0 Å². The van der Waals surface area contributed by atoms with Crippen molar-refractivity contribution >= 4 is 39.1 Å². The van der Waals surface area contributed by atoms with E-state index in [1.165, 1.54) is 30.2 Å². The van der Waals surface area contributed by atoms with Crippen molar-refractivity contribution < 1.29 is 22.7 Å². The molecule has 1 N–H and O–H groups in total. The van der Waals surface area contributed by atoms with Crippen LogP contribution in [0.1, 0.15) is 38.3 Å². The molecule has 0 aliphatic rings. The number of hydrogen-bond acceptors (Lipinski definition) is 5. The Bertz CT molecular complexity index is 1450. The lowest BCUT2D eigenvalue weighted by atomic mass is 10.1. The summed E-state index contributed by atoms with van der Waals surface area (Å²) in [5.74, 6) is -0.332. The second-order valence-electron chi connectivity index (χ2n) is 10.5. The molecule has 0 aliphatic carbocycles. The van der Waals surface area contributed by atoms with Crippen molar-refractivity contribution in [3.8, 4) is 5.75 Å². The van der Waals surface area contributed by atoms with Crippen LogP contribution in [0.2, 0.25) is 5.02 Å². The van der Waals surface area contributed by atoms with E-state index < -0.39 is 28.5 Å². The van der Waals surface area contributed by atoms with Crippen LogP contribution >= 0.6 is 11.6 Å². The fourth-order valence-electron chi connectivity index (χ4n) is 4.53. The van der Waals surface area contributed by atoms with E-state index in [1.54, 1.807) is 24.3 Å². The van der Waals surface area contributed by atoms with E-state index in [0.29, 0.717) is 19.4 Å². The highest BCUT2D eigenvalue weighted by molar-refractivity contribution is 7.92. The number of sulfonamides is 1. The third-order valence-corrected chi connectivity index (χ3v) is 8.86. The standard InChI is InChI=1S/C32H40ClN3O5S/c1-6-28(32(38)34-21-23(2)3)35(19-18-25-10-8-7-9-11-25)31(37)22-36(29-20-26(33)14-17-30(29)41-5)42(39,40)27-15-12-24(4)13-16-27/h7-17,20,23,28H,6,18-19,21-22H2,1-5H3,(H,34,38)/t28-/m0/s1. The lowest BCUT2D eigenvalue weighted by Crippen LogP contribution is -2.53. The maximum absolute atomic E-state index is 14.2. The Morgan fingerprint density at radius 1 is 1.00 bits per heavy atom. The molecule has 0 spiro atoms. The van der Waals surface area contributed by atoms with Crippen molar-refractivity contribution in [2.45, 2.75) is 51.5 Å². The largest absolute Gasteiger partial charge is 0.495 e. The van der Waals surface area contributed by atoms with Crippen LogP contribution in [0, 0.1) is 12.8 Å². The predicted octanol–water partition coefficient (Wildman–Crippen LogP) is 5.47. The monoisotopic (exact) mass is 613 g/mol. The number of benzene rings is 3. The summed E-state index contributed by atoms with van der Waals surface area (Å²) in [6, 6.07) is 19.8. The highest BCUT2D eigenvalue weighted by Gasteiger charge is 2.34. The second-order valence-corrected chi connectivity index (χ2v) is 12.8. The molecule has 0 unspecified atom stereocenters. The summed E-state index contributed by atoms with van der Waals surface area (Å²) >= 11 is 6.30. The number of rotatable bonds is 14. The lowest BCUT2D eigenvalue weighted by Gasteiger charge is -2.33. The van der Waals surface area contributed by atoms with E-state index in [2.05, 4.69) is 5.32 Å². The van der Waals surface area contributed by atoms with Crippen LogP contribution in [0.25, 0.3) is 0 Å². The third kappa shape index (κ3) is 8.49. The fourth-order valence-corrected chi connectivity index (χ4v) is 6.11. The minimum absolute atomic E-state index is 0.0143. The molecule has 0 fully saturated rings. The number of methoxy groups -OCH3 is 1. The van der Waals surface area contributed by atoms with Gasteiger partial charge in [0.1, 0.15) is 18.3 Å². The normalized spacial score (nSPS) is 12.1. The van der Waals surface area contributed by atoms with Gasteiger partial charge in [0.05, 0.1) is 17.7 Å². The van der Waals surface area contributed by atoms with E-state index in [9.17, 15) is 18.0 Å². The zero-order chi connectivity index (χ0) is 30.9. The number of amides is 2. The summed E-state index contributed by atoms with van der Waals surface area (Å²) in [4.78, 5) is 29.0. The molecule has 0 saturated heterocycles. The second kappa shape index (κ2) is 15.1. The minimum Gasteiger partial charge on any atom is -0.495 e. The highest BCUT2D eigenvalue weighted by atomic mass is 35.5. The molecule has 0 radical (unpaired) electrons. The zero-order valence-electron chi connectivity index (χ0n) is 24.8. The van der Waals surface area contributed by atoms with Gasteiger partial charge >= 0.3 is 0 Å². The topological polar surface area (TPSA) is 96.0 Å². The number of nitrogens with zero attached hydrogens (tertiary/aromatic N) is 2. The highest BCUT2D eigenvalue weighted by Crippen LogP contribution is 2.35. The Labute approximate surface area is 254 Å². The number of anilines is 1. The average Bonchev–Trinajstić information content (AvgIpc) is 2.97. The molecule has 3 aromatic rings. The van der Waals surface area contributed by atoms with Crippen molar-refractivity contribution in [2.24, 2.45) is 5.92 Å². The van der Waals surface area contributed by atoms with Crippen molar-refractivity contribution in [3.05, 3.63) is 88.9 Å². The molecule has 0 saturated carbocycles. The van der Waals surface area contributed by atoms with Crippen LogP contribution < -0.4 is 14.4 Å². The molecule has 3 aromatic carbocycles. The van der Waals surface area contributed by atoms with Gasteiger partial charge in [-0.15, -0.1) is 0 Å². The maximum Gasteiger partial charge on any atom is 0.264 e. The number of halogens is 1. The van der Waals surface area contributed by atoms with Gasteiger partial charge in [-0.1, -0.05) is 80.4 Å². The van der Waals surface area contributed by atoms with E-state index in [0.717, 1.165) is 15.4 Å².